The standard InChI is InChI=1S/C22H27FN2O2/c23-20-14-18(9-10-21(20)26)15-22(27)24-12-11-19-8-4-5-13-25(19)16-17-6-2-1-3-7-17/h1-3,6-7,9-10,14,19,26H,4-5,8,11-13,15-16H2,(H,24,27). The highest BCUT2D eigenvalue weighted by Gasteiger charge is 2.22. The van der Waals surface area contributed by atoms with Gasteiger partial charge < -0.3 is 10.4 Å². The third kappa shape index (κ3) is 5.79. The Hall–Kier alpha value is -2.40. The van der Waals surface area contributed by atoms with Crippen molar-refractivity contribution in [2.45, 2.75) is 44.7 Å². The van der Waals surface area contributed by atoms with Crippen LogP contribution in [0.25, 0.3) is 0 Å². The van der Waals surface area contributed by atoms with Crippen LogP contribution in [0.4, 0.5) is 4.39 Å². The lowest BCUT2D eigenvalue weighted by atomic mass is 9.98. The third-order valence-corrected chi connectivity index (χ3v) is 5.15. The fourth-order valence-electron chi connectivity index (χ4n) is 3.70. The van der Waals surface area contributed by atoms with Crippen LogP contribution in [0.1, 0.15) is 36.8 Å². The molecule has 1 aliphatic rings. The minimum Gasteiger partial charge on any atom is -0.505 e. The van der Waals surface area contributed by atoms with Crippen LogP contribution in [0.3, 0.4) is 0 Å². The van der Waals surface area contributed by atoms with Crippen molar-refractivity contribution >= 4 is 5.91 Å². The zero-order valence-corrected chi connectivity index (χ0v) is 15.5. The van der Waals surface area contributed by atoms with Gasteiger partial charge in [0.1, 0.15) is 0 Å². The summed E-state index contributed by atoms with van der Waals surface area (Å²) in [7, 11) is 0. The van der Waals surface area contributed by atoms with Gasteiger partial charge in [-0.15, -0.1) is 0 Å². The van der Waals surface area contributed by atoms with E-state index in [9.17, 15) is 14.3 Å². The highest BCUT2D eigenvalue weighted by Crippen LogP contribution is 2.22. The summed E-state index contributed by atoms with van der Waals surface area (Å²) in [5.74, 6) is -1.21. The van der Waals surface area contributed by atoms with Crippen molar-refractivity contribution in [3.8, 4) is 5.75 Å². The number of aromatic hydroxyl groups is 1. The second kappa shape index (κ2) is 9.51. The van der Waals surface area contributed by atoms with Gasteiger partial charge in [0, 0.05) is 19.1 Å². The van der Waals surface area contributed by atoms with Crippen molar-refractivity contribution in [1.82, 2.24) is 10.2 Å². The Bertz CT molecular complexity index is 751. The smallest absolute Gasteiger partial charge is 0.224 e. The molecule has 1 amide bonds. The molecule has 0 bridgehead atoms. The van der Waals surface area contributed by atoms with E-state index in [0.29, 0.717) is 18.2 Å². The van der Waals surface area contributed by atoms with Crippen molar-refractivity contribution in [1.29, 1.82) is 0 Å². The molecule has 0 aromatic heterocycles. The predicted octanol–water partition coefficient (Wildman–Crippen LogP) is 3.63. The largest absolute Gasteiger partial charge is 0.505 e. The summed E-state index contributed by atoms with van der Waals surface area (Å²) in [6.07, 6.45) is 4.66. The zero-order valence-electron chi connectivity index (χ0n) is 15.5. The number of phenols is 1. The highest BCUT2D eigenvalue weighted by atomic mass is 19.1. The van der Waals surface area contributed by atoms with Gasteiger partial charge in [-0.2, -0.15) is 0 Å². The Morgan fingerprint density at radius 2 is 1.96 bits per heavy atom. The molecular formula is C22H27FN2O2. The van der Waals surface area contributed by atoms with Gasteiger partial charge in [-0.05, 0) is 49.1 Å². The van der Waals surface area contributed by atoms with E-state index in [1.54, 1.807) is 6.07 Å². The van der Waals surface area contributed by atoms with E-state index in [4.69, 9.17) is 0 Å². The Morgan fingerprint density at radius 1 is 1.15 bits per heavy atom. The second-order valence-corrected chi connectivity index (χ2v) is 7.21. The summed E-state index contributed by atoms with van der Waals surface area (Å²) in [4.78, 5) is 14.6. The molecule has 0 saturated carbocycles. The first-order chi connectivity index (χ1) is 13.1. The van der Waals surface area contributed by atoms with Gasteiger partial charge in [-0.3, -0.25) is 9.69 Å². The Kier molecular flexibility index (Phi) is 6.82. The molecule has 0 radical (unpaired) electrons. The van der Waals surface area contributed by atoms with Crippen LogP contribution in [-0.2, 0) is 17.8 Å². The molecule has 2 N–H and O–H groups in total. The van der Waals surface area contributed by atoms with Crippen LogP contribution >= 0.6 is 0 Å². The first kappa shape index (κ1) is 19.4. The topological polar surface area (TPSA) is 52.6 Å². The summed E-state index contributed by atoms with van der Waals surface area (Å²) >= 11 is 0. The fourth-order valence-corrected chi connectivity index (χ4v) is 3.70. The van der Waals surface area contributed by atoms with E-state index in [1.807, 2.05) is 6.07 Å². The van der Waals surface area contributed by atoms with Gasteiger partial charge in [-0.1, -0.05) is 42.8 Å². The quantitative estimate of drug-likeness (QED) is 0.782. The van der Waals surface area contributed by atoms with Gasteiger partial charge in [-0.25, -0.2) is 4.39 Å². The summed E-state index contributed by atoms with van der Waals surface area (Å²) in [6.45, 7) is 2.67. The minimum atomic E-state index is -0.695. The van der Waals surface area contributed by atoms with E-state index < -0.39 is 11.6 Å². The van der Waals surface area contributed by atoms with Crippen LogP contribution in [0, 0.1) is 5.82 Å². The molecule has 4 nitrogen and oxygen atoms in total. The number of phenolic OH excluding ortho intramolecular Hbond substituents is 1. The molecule has 1 atom stereocenters. The van der Waals surface area contributed by atoms with E-state index in [1.165, 1.54) is 30.5 Å². The molecule has 1 saturated heterocycles. The normalized spacial score (nSPS) is 17.6. The van der Waals surface area contributed by atoms with Gasteiger partial charge in [0.2, 0.25) is 5.91 Å². The maximum absolute atomic E-state index is 13.4. The summed E-state index contributed by atoms with van der Waals surface area (Å²) < 4.78 is 13.4. The van der Waals surface area contributed by atoms with Crippen LogP contribution in [0.2, 0.25) is 0 Å². The highest BCUT2D eigenvalue weighted by molar-refractivity contribution is 5.78. The van der Waals surface area contributed by atoms with Crippen LogP contribution in [0.5, 0.6) is 5.75 Å². The Balaban J connectivity index is 1.46. The average Bonchev–Trinajstić information content (AvgIpc) is 2.67. The van der Waals surface area contributed by atoms with Gasteiger partial charge in [0.15, 0.2) is 11.6 Å². The molecule has 0 aliphatic carbocycles. The third-order valence-electron chi connectivity index (χ3n) is 5.15. The molecule has 1 heterocycles. The number of likely N-dealkylation sites (tertiary alicyclic amines) is 1. The molecular weight excluding hydrogens is 343 g/mol. The first-order valence-electron chi connectivity index (χ1n) is 9.64. The lowest BCUT2D eigenvalue weighted by Crippen LogP contribution is -2.41. The number of piperidine rings is 1. The van der Waals surface area contributed by atoms with Crippen molar-refractivity contribution in [3.05, 3.63) is 65.5 Å². The number of carbonyl (C=O) groups is 1. The lowest BCUT2D eigenvalue weighted by molar-refractivity contribution is -0.120. The van der Waals surface area contributed by atoms with Crippen LogP contribution in [0.15, 0.2) is 48.5 Å². The molecule has 3 rings (SSSR count). The SMILES string of the molecule is O=C(Cc1ccc(O)c(F)c1)NCCC1CCCCN1Cc1ccccc1. The van der Waals surface area contributed by atoms with Gasteiger partial charge in [0.25, 0.3) is 0 Å². The number of amides is 1. The zero-order chi connectivity index (χ0) is 19.1. The lowest BCUT2D eigenvalue weighted by Gasteiger charge is -2.36. The molecule has 5 heteroatoms. The number of hydrogen-bond acceptors (Lipinski definition) is 3. The maximum Gasteiger partial charge on any atom is 0.224 e. The van der Waals surface area contributed by atoms with E-state index in [-0.39, 0.29) is 12.3 Å². The molecule has 1 aliphatic heterocycles. The molecule has 1 fully saturated rings. The molecule has 144 valence electrons. The molecule has 27 heavy (non-hydrogen) atoms. The van der Waals surface area contributed by atoms with E-state index >= 15 is 0 Å². The van der Waals surface area contributed by atoms with Crippen molar-refractivity contribution in [2.75, 3.05) is 13.1 Å². The minimum absolute atomic E-state index is 0.120. The van der Waals surface area contributed by atoms with Crippen LogP contribution in [-0.4, -0.2) is 35.0 Å². The Labute approximate surface area is 160 Å². The van der Waals surface area contributed by atoms with Gasteiger partial charge in [0.05, 0.1) is 6.42 Å². The number of nitrogens with zero attached hydrogens (tertiary/aromatic N) is 1. The van der Waals surface area contributed by atoms with Gasteiger partial charge >= 0.3 is 0 Å². The molecule has 2 aromatic rings. The molecule has 0 spiro atoms. The average molecular weight is 370 g/mol. The molecule has 2 aromatic carbocycles. The predicted molar refractivity (Wildman–Crippen MR) is 104 cm³/mol. The van der Waals surface area contributed by atoms with E-state index in [2.05, 4.69) is 34.5 Å². The first-order valence-corrected chi connectivity index (χ1v) is 9.64. The number of rotatable bonds is 7. The summed E-state index contributed by atoms with van der Waals surface area (Å²) in [5.41, 5.74) is 1.88. The monoisotopic (exact) mass is 370 g/mol. The number of nitrogens with one attached hydrogen (secondary N) is 1. The number of halogens is 1. The number of hydrogen-bond donors (Lipinski definition) is 2. The van der Waals surface area contributed by atoms with Crippen molar-refractivity contribution in [3.63, 3.8) is 0 Å². The summed E-state index contributed by atoms with van der Waals surface area (Å²) in [5, 5.41) is 12.2. The van der Waals surface area contributed by atoms with Crippen molar-refractivity contribution in [2.24, 2.45) is 0 Å². The molecule has 1 unspecified atom stereocenters. The fraction of sp³-hybridized carbons (Fsp3) is 0.409. The Morgan fingerprint density at radius 3 is 2.74 bits per heavy atom. The maximum atomic E-state index is 13.4. The van der Waals surface area contributed by atoms with Crippen molar-refractivity contribution < 1.29 is 14.3 Å². The van der Waals surface area contributed by atoms with E-state index in [0.717, 1.165) is 25.9 Å². The summed E-state index contributed by atoms with van der Waals surface area (Å²) in [6, 6.07) is 15.0. The van der Waals surface area contributed by atoms with Crippen LogP contribution < -0.4 is 5.32 Å². The number of carbonyl (C=O) groups excluding carboxylic acids is 1. The second-order valence-electron chi connectivity index (χ2n) is 7.21. The number of benzene rings is 2.